The molecule has 0 saturated carbocycles. The van der Waals surface area contributed by atoms with E-state index in [9.17, 15) is 14.0 Å². The zero-order valence-corrected chi connectivity index (χ0v) is 13.8. The van der Waals surface area contributed by atoms with Crippen molar-refractivity contribution < 1.29 is 4.39 Å². The first kappa shape index (κ1) is 15.5. The Kier molecular flexibility index (Phi) is 3.82. The van der Waals surface area contributed by atoms with Crippen LogP contribution >= 0.6 is 11.3 Å². The molecular formula is C19H13FN2O2S. The number of nitrogens with zero attached hydrogens (tertiary/aromatic N) is 1. The summed E-state index contributed by atoms with van der Waals surface area (Å²) < 4.78 is 14.5. The summed E-state index contributed by atoms with van der Waals surface area (Å²) in [6.45, 7) is 0.0198. The first-order valence-corrected chi connectivity index (χ1v) is 8.55. The van der Waals surface area contributed by atoms with Crippen LogP contribution in [0.15, 0.2) is 69.6 Å². The van der Waals surface area contributed by atoms with Crippen LogP contribution < -0.4 is 11.2 Å². The Morgan fingerprint density at radius 1 is 1.04 bits per heavy atom. The maximum absolute atomic E-state index is 13.4. The van der Waals surface area contributed by atoms with Crippen LogP contribution in [0, 0.1) is 5.82 Å². The molecule has 0 aliphatic carbocycles. The highest BCUT2D eigenvalue weighted by molar-refractivity contribution is 7.17. The van der Waals surface area contributed by atoms with E-state index >= 15 is 0 Å². The fraction of sp³-hybridized carbons (Fsp3) is 0.0526. The van der Waals surface area contributed by atoms with Crippen molar-refractivity contribution in [2.24, 2.45) is 0 Å². The Morgan fingerprint density at radius 3 is 2.60 bits per heavy atom. The first-order valence-electron chi connectivity index (χ1n) is 7.67. The second-order valence-corrected chi connectivity index (χ2v) is 6.55. The minimum atomic E-state index is -0.497. The average molecular weight is 352 g/mol. The normalized spacial score (nSPS) is 11.1. The Labute approximate surface area is 145 Å². The molecule has 25 heavy (non-hydrogen) atoms. The van der Waals surface area contributed by atoms with Gasteiger partial charge in [-0.05, 0) is 23.3 Å². The van der Waals surface area contributed by atoms with Gasteiger partial charge in [0.25, 0.3) is 5.56 Å². The molecule has 4 nitrogen and oxygen atoms in total. The largest absolute Gasteiger partial charge is 0.329 e. The smallest absolute Gasteiger partial charge is 0.298 e. The first-order chi connectivity index (χ1) is 12.1. The summed E-state index contributed by atoms with van der Waals surface area (Å²) >= 11 is 1.33. The Morgan fingerprint density at radius 2 is 1.84 bits per heavy atom. The van der Waals surface area contributed by atoms with Crippen molar-refractivity contribution in [2.45, 2.75) is 6.54 Å². The molecule has 0 aliphatic heterocycles. The van der Waals surface area contributed by atoms with Crippen molar-refractivity contribution >= 4 is 21.6 Å². The predicted molar refractivity (Wildman–Crippen MR) is 97.6 cm³/mol. The van der Waals surface area contributed by atoms with Gasteiger partial charge in [0, 0.05) is 10.9 Å². The van der Waals surface area contributed by atoms with Crippen molar-refractivity contribution in [3.05, 3.63) is 92.2 Å². The van der Waals surface area contributed by atoms with Gasteiger partial charge in [-0.3, -0.25) is 14.3 Å². The number of aromatic nitrogens is 2. The fourth-order valence-corrected chi connectivity index (χ4v) is 3.80. The van der Waals surface area contributed by atoms with Gasteiger partial charge < -0.3 is 0 Å². The van der Waals surface area contributed by atoms with Crippen LogP contribution in [0.2, 0.25) is 0 Å². The summed E-state index contributed by atoms with van der Waals surface area (Å²) in [6.07, 6.45) is 0. The van der Waals surface area contributed by atoms with Crippen LogP contribution in [-0.4, -0.2) is 9.55 Å². The van der Waals surface area contributed by atoms with Crippen LogP contribution in [0.5, 0.6) is 0 Å². The lowest BCUT2D eigenvalue weighted by atomic mass is 10.1. The molecule has 0 aliphatic rings. The van der Waals surface area contributed by atoms with E-state index in [4.69, 9.17) is 0 Å². The molecule has 2 aromatic carbocycles. The third-order valence-electron chi connectivity index (χ3n) is 4.03. The predicted octanol–water partition coefficient (Wildman–Crippen LogP) is 3.61. The van der Waals surface area contributed by atoms with E-state index < -0.39 is 11.5 Å². The second-order valence-electron chi connectivity index (χ2n) is 5.67. The second kappa shape index (κ2) is 6.14. The Balaban J connectivity index is 1.91. The third kappa shape index (κ3) is 2.81. The highest BCUT2D eigenvalue weighted by Gasteiger charge is 2.15. The molecule has 0 fully saturated rings. The van der Waals surface area contributed by atoms with Gasteiger partial charge in [0.15, 0.2) is 0 Å². The van der Waals surface area contributed by atoms with E-state index in [2.05, 4.69) is 4.98 Å². The van der Waals surface area contributed by atoms with Gasteiger partial charge in [-0.25, -0.2) is 9.18 Å². The van der Waals surface area contributed by atoms with E-state index in [1.165, 1.54) is 23.5 Å². The summed E-state index contributed by atoms with van der Waals surface area (Å²) in [6, 6.07) is 15.4. The van der Waals surface area contributed by atoms with Crippen molar-refractivity contribution in [3.8, 4) is 11.1 Å². The topological polar surface area (TPSA) is 54.9 Å². The molecule has 4 rings (SSSR count). The number of fused-ring (bicyclic) bond motifs is 1. The minimum absolute atomic E-state index is 0.0198. The van der Waals surface area contributed by atoms with Crippen molar-refractivity contribution in [2.75, 3.05) is 0 Å². The van der Waals surface area contributed by atoms with E-state index in [0.717, 1.165) is 15.7 Å². The lowest BCUT2D eigenvalue weighted by Gasteiger charge is -2.06. The number of nitrogens with one attached hydrogen (secondary N) is 1. The highest BCUT2D eigenvalue weighted by Crippen LogP contribution is 2.29. The zero-order chi connectivity index (χ0) is 17.4. The summed E-state index contributed by atoms with van der Waals surface area (Å²) in [5, 5.41) is 2.34. The fourth-order valence-electron chi connectivity index (χ4n) is 2.85. The number of H-pyrrole nitrogens is 1. The lowest BCUT2D eigenvalue weighted by molar-refractivity contribution is 0.621. The number of thiophene rings is 1. The average Bonchev–Trinajstić information content (AvgIpc) is 3.03. The monoisotopic (exact) mass is 352 g/mol. The van der Waals surface area contributed by atoms with Gasteiger partial charge in [-0.1, -0.05) is 42.5 Å². The van der Waals surface area contributed by atoms with Crippen LogP contribution in [0.1, 0.15) is 5.56 Å². The quantitative estimate of drug-likeness (QED) is 0.612. The number of rotatable bonds is 3. The summed E-state index contributed by atoms with van der Waals surface area (Å²) in [5.74, 6) is -0.399. The number of hydrogen-bond acceptors (Lipinski definition) is 3. The van der Waals surface area contributed by atoms with E-state index in [0.29, 0.717) is 15.8 Å². The maximum Gasteiger partial charge on any atom is 0.329 e. The molecule has 4 aromatic rings. The molecule has 6 heteroatoms. The van der Waals surface area contributed by atoms with Crippen molar-refractivity contribution in [1.29, 1.82) is 0 Å². The summed E-state index contributed by atoms with van der Waals surface area (Å²) in [7, 11) is 0. The molecule has 2 heterocycles. The number of aromatic amines is 1. The standard InChI is InChI=1S/C19H13FN2O2S/c20-14-8-4-5-12(9-14)10-22-18(23)16-15(13-6-2-1-3-7-13)11-25-17(16)21-19(22)24/h1-9,11H,10H2,(H,21,24). The maximum atomic E-state index is 13.4. The van der Waals surface area contributed by atoms with Crippen molar-refractivity contribution in [1.82, 2.24) is 9.55 Å². The van der Waals surface area contributed by atoms with Gasteiger partial charge in [-0.2, -0.15) is 0 Å². The Bertz CT molecular complexity index is 1180. The molecular weight excluding hydrogens is 339 g/mol. The summed E-state index contributed by atoms with van der Waals surface area (Å²) in [4.78, 5) is 28.6. The molecule has 1 N–H and O–H groups in total. The number of benzene rings is 2. The number of hydrogen-bond donors (Lipinski definition) is 1. The summed E-state index contributed by atoms with van der Waals surface area (Å²) in [5.41, 5.74) is 1.39. The van der Waals surface area contributed by atoms with Crippen LogP contribution in [0.25, 0.3) is 21.3 Å². The van der Waals surface area contributed by atoms with Crippen LogP contribution in [0.3, 0.4) is 0 Å². The van der Waals surface area contributed by atoms with Crippen molar-refractivity contribution in [3.63, 3.8) is 0 Å². The molecule has 0 radical (unpaired) electrons. The zero-order valence-electron chi connectivity index (χ0n) is 13.0. The molecule has 0 unspecified atom stereocenters. The molecule has 0 saturated heterocycles. The van der Waals surface area contributed by atoms with Crippen LogP contribution in [0.4, 0.5) is 4.39 Å². The van der Waals surface area contributed by atoms with E-state index in [1.54, 1.807) is 12.1 Å². The van der Waals surface area contributed by atoms with E-state index in [1.807, 2.05) is 35.7 Å². The van der Waals surface area contributed by atoms with Crippen LogP contribution in [-0.2, 0) is 6.54 Å². The highest BCUT2D eigenvalue weighted by atomic mass is 32.1. The van der Waals surface area contributed by atoms with Gasteiger partial charge in [0.05, 0.1) is 11.9 Å². The number of halogens is 1. The van der Waals surface area contributed by atoms with Gasteiger partial charge in [0.2, 0.25) is 0 Å². The lowest BCUT2D eigenvalue weighted by Crippen LogP contribution is -2.35. The van der Waals surface area contributed by atoms with Gasteiger partial charge in [-0.15, -0.1) is 11.3 Å². The molecule has 2 aromatic heterocycles. The Hall–Kier alpha value is -2.99. The molecule has 0 amide bonds. The molecule has 0 spiro atoms. The molecule has 0 atom stereocenters. The van der Waals surface area contributed by atoms with E-state index in [-0.39, 0.29) is 12.1 Å². The third-order valence-corrected chi connectivity index (χ3v) is 4.93. The van der Waals surface area contributed by atoms with Gasteiger partial charge in [0.1, 0.15) is 10.6 Å². The van der Waals surface area contributed by atoms with Gasteiger partial charge >= 0.3 is 5.69 Å². The molecule has 124 valence electrons. The minimum Gasteiger partial charge on any atom is -0.298 e. The molecule has 0 bridgehead atoms. The SMILES string of the molecule is O=c1[nH]c2scc(-c3ccccc3)c2c(=O)n1Cc1cccc(F)c1.